The van der Waals surface area contributed by atoms with Gasteiger partial charge < -0.3 is 4.74 Å². The zero-order valence-electron chi connectivity index (χ0n) is 73.2. The molecule has 4 heterocycles. The highest BCUT2D eigenvalue weighted by molar-refractivity contribution is 6.09. The Bertz CT molecular complexity index is 5940. The van der Waals surface area contributed by atoms with Crippen LogP contribution in [0.3, 0.4) is 0 Å². The van der Waals surface area contributed by atoms with Gasteiger partial charge in [0.1, 0.15) is 17.3 Å². The molecule has 14 rings (SSSR count). The molecule has 2 aliphatic rings. The van der Waals surface area contributed by atoms with Crippen molar-refractivity contribution in [2.24, 2.45) is 0 Å². The minimum atomic E-state index is -4.75. The Morgan fingerprint density at radius 3 is 2.01 bits per heavy atom. The van der Waals surface area contributed by atoms with Gasteiger partial charge in [0.2, 0.25) is 0 Å². The van der Waals surface area contributed by atoms with Crippen LogP contribution < -0.4 is 9.30 Å². The van der Waals surface area contributed by atoms with Crippen LogP contribution in [0.15, 0.2) is 212 Å². The van der Waals surface area contributed by atoms with E-state index in [2.05, 4.69) is 27.1 Å². The van der Waals surface area contributed by atoms with Crippen LogP contribution in [0.5, 0.6) is 11.5 Å². The lowest BCUT2D eigenvalue weighted by Gasteiger charge is -2.42. The van der Waals surface area contributed by atoms with E-state index in [4.69, 9.17) is 30.3 Å². The SMILES string of the molecule is [2H]c1c([2H])c([2H])c(-c2cccc3c2-[n+]2[c-]n(-c4cccc(Oc5ccc6c7ccccc7n(-c7cc(C(C)(C)C)ccn7)c6c5)c4)c4cc(-c5c([2H])c([2H])c6c(c5[2H])C(C([2H])([2H])[2H])(C([2H])([2H])[2H])C([2H])([2H])C([2H])([2H])C6(C([2H])([2H])[2H])C([2H])([2H])[2H])cc(c42)-c2c([2H])c([2H])c([2H])c([2H])c2-c2c([2H])c([2H])c([2H])c([2H])c2-3)c([2H])c1[2H]. The largest absolute Gasteiger partial charge is 0.458 e. The number of para-hydroxylation sites is 2. The molecule has 0 fully saturated rings. The third-order valence-corrected chi connectivity index (χ3v) is 14.0. The van der Waals surface area contributed by atoms with Gasteiger partial charge in [-0.15, -0.1) is 0 Å². The third-order valence-electron chi connectivity index (χ3n) is 14.0. The summed E-state index contributed by atoms with van der Waals surface area (Å²) in [6.07, 6.45) is -4.46. The Hall–Kier alpha value is -8.80. The van der Waals surface area contributed by atoms with Crippen LogP contribution in [-0.4, -0.2) is 14.1 Å². The molecule has 0 saturated heterocycles. The third kappa shape index (κ3) is 7.65. The number of aromatic nitrogens is 4. The number of fused-ring (bicyclic) bond motifs is 11. The quantitative estimate of drug-likeness (QED) is 0.123. The summed E-state index contributed by atoms with van der Waals surface area (Å²) in [6, 6.07) is 12.8. The maximum absolute atomic E-state index is 10.4. The van der Waals surface area contributed by atoms with Crippen LogP contribution >= 0.6 is 0 Å². The van der Waals surface area contributed by atoms with Gasteiger partial charge in [-0.25, -0.2) is 4.98 Å². The Balaban J connectivity index is 1.18. The summed E-state index contributed by atoms with van der Waals surface area (Å²) in [5.74, 6) is 0.945. The lowest BCUT2D eigenvalue weighted by atomic mass is 9.63. The Morgan fingerprint density at radius 1 is 0.571 bits per heavy atom. The molecule has 0 N–H and O–H groups in total. The second kappa shape index (κ2) is 17.4. The average Bonchev–Trinajstić information content (AvgIpc) is 1.01. The molecule has 3 aromatic heterocycles. The summed E-state index contributed by atoms with van der Waals surface area (Å²) in [7, 11) is 0. The highest BCUT2D eigenvalue weighted by Gasteiger charge is 2.37. The van der Waals surface area contributed by atoms with Gasteiger partial charge in [0.25, 0.3) is 6.33 Å². The first-order chi connectivity index (χ1) is 50.5. The zero-order valence-corrected chi connectivity index (χ0v) is 41.2. The molecule has 0 unspecified atom stereocenters. The number of pyridine rings is 1. The fourth-order valence-corrected chi connectivity index (χ4v) is 10.4. The van der Waals surface area contributed by atoms with Crippen molar-refractivity contribution in [3.8, 4) is 84.3 Å². The van der Waals surface area contributed by atoms with E-state index in [1.165, 1.54) is 45.5 Å². The van der Waals surface area contributed by atoms with Crippen LogP contribution in [0.1, 0.15) is 121 Å². The first-order valence-electron chi connectivity index (χ1n) is 40.4. The molecule has 0 spiro atoms. The number of benzene rings is 9. The van der Waals surface area contributed by atoms with Crippen LogP contribution in [-0.2, 0) is 16.2 Å². The summed E-state index contributed by atoms with van der Waals surface area (Å²) in [4.78, 5) is 4.80. The topological polar surface area (TPSA) is 35.9 Å². The number of imidazole rings is 1. The van der Waals surface area contributed by atoms with Crippen molar-refractivity contribution >= 4 is 32.8 Å². The minimum absolute atomic E-state index is 0.0161. The van der Waals surface area contributed by atoms with Crippen molar-refractivity contribution in [2.75, 3.05) is 0 Å². The smallest absolute Gasteiger partial charge is 0.269 e. The molecular weight excluding hydrogens is 937 g/mol. The highest BCUT2D eigenvalue weighted by Crippen LogP contribution is 2.49. The van der Waals surface area contributed by atoms with E-state index in [0.717, 1.165) is 34.0 Å². The molecular formula is C72H60N4O. The molecule has 0 amide bonds. The number of hydrogen-bond acceptors (Lipinski definition) is 2. The second-order valence-corrected chi connectivity index (χ2v) is 19.9. The van der Waals surface area contributed by atoms with Crippen LogP contribution in [0, 0.1) is 6.33 Å². The molecule has 0 atom stereocenters. The molecule has 12 aromatic rings. The Labute approximate surface area is 496 Å². The minimum Gasteiger partial charge on any atom is -0.458 e. The fraction of sp³-hybridized carbons (Fsp3) is 0.167. The van der Waals surface area contributed by atoms with E-state index in [1.54, 1.807) is 24.4 Å². The monoisotopic (exact) mass is 1030 g/mol. The van der Waals surface area contributed by atoms with Crippen molar-refractivity contribution in [2.45, 2.75) is 77.2 Å². The molecule has 1 aliphatic heterocycles. The van der Waals surface area contributed by atoms with Gasteiger partial charge in [0.15, 0.2) is 0 Å². The predicted molar refractivity (Wildman–Crippen MR) is 317 cm³/mol. The van der Waals surface area contributed by atoms with E-state index in [1.807, 2.05) is 47.0 Å². The van der Waals surface area contributed by atoms with Gasteiger partial charge in [-0.3, -0.25) is 13.7 Å². The lowest BCUT2D eigenvalue weighted by Crippen LogP contribution is -2.33. The molecule has 5 heteroatoms. The summed E-state index contributed by atoms with van der Waals surface area (Å²) in [5.41, 5.74) is -17.3. The maximum Gasteiger partial charge on any atom is 0.269 e. The first-order valence-corrected chi connectivity index (χ1v) is 24.4. The van der Waals surface area contributed by atoms with Crippen molar-refractivity contribution in [3.05, 3.63) is 235 Å². The normalized spacial score (nSPS) is 22.2. The first kappa shape index (κ1) is 24.0. The number of nitrogens with zero attached hydrogens (tertiary/aromatic N) is 4. The van der Waals surface area contributed by atoms with Gasteiger partial charge in [-0.05, 0) is 156 Å². The predicted octanol–water partition coefficient (Wildman–Crippen LogP) is 18.3. The van der Waals surface area contributed by atoms with Gasteiger partial charge in [0, 0.05) is 45.0 Å². The van der Waals surface area contributed by atoms with Crippen molar-refractivity contribution < 1.29 is 53.2 Å². The van der Waals surface area contributed by atoms with Gasteiger partial charge >= 0.3 is 0 Å². The Kier molecular flexibility index (Phi) is 5.42. The average molecular weight is 1030 g/mol. The Morgan fingerprint density at radius 2 is 1.25 bits per heavy atom. The number of rotatable bonds is 6. The molecule has 0 saturated carbocycles. The van der Waals surface area contributed by atoms with Gasteiger partial charge in [0.05, 0.1) is 55.4 Å². The maximum atomic E-state index is 10.4. The van der Waals surface area contributed by atoms with E-state index in [0.29, 0.717) is 11.3 Å². The summed E-state index contributed by atoms with van der Waals surface area (Å²) >= 11 is 0. The van der Waals surface area contributed by atoms with E-state index < -0.39 is 203 Å². The summed E-state index contributed by atoms with van der Waals surface area (Å²) < 4.78 is 310. The summed E-state index contributed by atoms with van der Waals surface area (Å²) in [5, 5.41) is 1.71. The van der Waals surface area contributed by atoms with Crippen LogP contribution in [0.4, 0.5) is 0 Å². The molecule has 9 aromatic carbocycles. The van der Waals surface area contributed by atoms with E-state index in [9.17, 15) is 23.3 Å². The molecule has 0 bridgehead atoms. The lowest BCUT2D eigenvalue weighted by molar-refractivity contribution is -0.570. The molecule has 374 valence electrons. The highest BCUT2D eigenvalue weighted by atomic mass is 16.5. The fourth-order valence-electron chi connectivity index (χ4n) is 10.4. The van der Waals surface area contributed by atoms with E-state index in [-0.39, 0.29) is 50.4 Å². The van der Waals surface area contributed by atoms with Crippen molar-refractivity contribution in [1.29, 1.82) is 0 Å². The standard InChI is InChI=1S/C72H60N4O/c1-70(2,3)49-35-38-73-67(42-49)76-64-30-16-15-27-58(64)59-33-32-52(44-65(59)76)77-51-22-17-21-50(43-51)74-45-75-68-53(46-19-9-8-10-20-46)28-18-29-60(68)56-25-13-11-23-54(56)55-24-12-14-26-57(55)61-39-48(41-66(74)69(61)75)47-31-34-62-63(40-47)72(6,7)37-36-71(62,4)5/h8-35,38-44H,36-37H2,1-7H3/i4D3,5D3,6D3,7D3,8D,9D,10D,11D,12D,13D,14D,19D,20D,23D,24D,25D,26D,31D,34D,36D2,37D2,40D. The van der Waals surface area contributed by atoms with Crippen LogP contribution in [0.25, 0.3) is 106 Å². The van der Waals surface area contributed by atoms with Crippen LogP contribution in [0.2, 0.25) is 0 Å². The molecule has 1 aliphatic carbocycles. The number of hydrogen-bond donors (Lipinski definition) is 0. The van der Waals surface area contributed by atoms with Gasteiger partial charge in [-0.1, -0.05) is 193 Å². The molecule has 0 radical (unpaired) electrons. The van der Waals surface area contributed by atoms with Gasteiger partial charge in [-0.2, -0.15) is 0 Å². The number of ether oxygens (including phenoxy) is 1. The molecule has 5 nitrogen and oxygen atoms in total. The second-order valence-electron chi connectivity index (χ2n) is 19.9. The van der Waals surface area contributed by atoms with Crippen molar-refractivity contribution in [1.82, 2.24) is 14.1 Å². The summed E-state index contributed by atoms with van der Waals surface area (Å²) in [6.45, 7) is -11.6. The van der Waals surface area contributed by atoms with Crippen molar-refractivity contribution in [3.63, 3.8) is 0 Å². The molecule has 77 heavy (non-hydrogen) atoms. The zero-order chi connectivity index (χ0) is 79.9. The van der Waals surface area contributed by atoms with E-state index >= 15 is 0 Å².